The molecule has 1 saturated heterocycles. The fraction of sp³-hybridized carbons (Fsp3) is 0.400. The van der Waals surface area contributed by atoms with E-state index in [0.29, 0.717) is 17.6 Å². The van der Waals surface area contributed by atoms with Crippen LogP contribution in [0.25, 0.3) is 0 Å². The molecule has 0 amide bonds. The summed E-state index contributed by atoms with van der Waals surface area (Å²) in [5, 5.41) is 0. The van der Waals surface area contributed by atoms with Crippen molar-refractivity contribution in [2.24, 2.45) is 5.92 Å². The predicted octanol–water partition coefficient (Wildman–Crippen LogP) is 3.98. The van der Waals surface area contributed by atoms with Gasteiger partial charge in [-0.2, -0.15) is 0 Å². The Morgan fingerprint density at radius 1 is 1.32 bits per heavy atom. The van der Waals surface area contributed by atoms with Gasteiger partial charge in [-0.1, -0.05) is 23.8 Å². The van der Waals surface area contributed by atoms with E-state index in [1.165, 1.54) is 12.5 Å². The lowest BCUT2D eigenvalue weighted by atomic mass is 9.85. The molecule has 0 unspecified atom stereocenters. The van der Waals surface area contributed by atoms with E-state index in [9.17, 15) is 9.59 Å². The molecule has 2 heterocycles. The zero-order chi connectivity index (χ0) is 18.0. The van der Waals surface area contributed by atoms with Crippen molar-refractivity contribution in [1.29, 1.82) is 0 Å². The van der Waals surface area contributed by atoms with E-state index < -0.39 is 24.1 Å². The number of carbonyl (C=O) groups excluding carboxylic acids is 2. The fourth-order valence-electron chi connectivity index (χ4n) is 3.32. The van der Waals surface area contributed by atoms with Crippen LogP contribution in [0.1, 0.15) is 43.5 Å². The minimum atomic E-state index is -0.523. The van der Waals surface area contributed by atoms with Crippen LogP contribution in [0.5, 0.6) is 0 Å². The minimum Gasteiger partial charge on any atom is -0.472 e. The number of esters is 2. The summed E-state index contributed by atoms with van der Waals surface area (Å²) in [7, 11) is 0. The first-order chi connectivity index (χ1) is 12.0. The molecule has 0 aromatic carbocycles. The Kier molecular flexibility index (Phi) is 4.93. The summed E-state index contributed by atoms with van der Waals surface area (Å²) in [5.74, 6) is -1.29. The van der Waals surface area contributed by atoms with E-state index >= 15 is 0 Å². The van der Waals surface area contributed by atoms with Crippen LogP contribution < -0.4 is 0 Å². The van der Waals surface area contributed by atoms with E-state index in [0.717, 1.165) is 24.0 Å². The second kappa shape index (κ2) is 7.13. The van der Waals surface area contributed by atoms with E-state index in [1.54, 1.807) is 6.07 Å². The molecule has 1 fully saturated rings. The average molecular weight is 342 g/mol. The third-order valence-electron chi connectivity index (χ3n) is 4.68. The Labute approximate surface area is 147 Å². The average Bonchev–Trinajstić information content (AvgIpc) is 3.16. The quantitative estimate of drug-likeness (QED) is 0.462. The fourth-order valence-corrected chi connectivity index (χ4v) is 3.32. The molecule has 132 valence electrons. The van der Waals surface area contributed by atoms with Gasteiger partial charge in [0.25, 0.3) is 0 Å². The molecule has 2 aliphatic rings. The van der Waals surface area contributed by atoms with Crippen molar-refractivity contribution < 1.29 is 23.5 Å². The van der Waals surface area contributed by atoms with Gasteiger partial charge >= 0.3 is 11.9 Å². The number of hydrogen-bond donors (Lipinski definition) is 0. The van der Waals surface area contributed by atoms with Gasteiger partial charge in [-0.25, -0.2) is 9.59 Å². The van der Waals surface area contributed by atoms with E-state index in [4.69, 9.17) is 13.9 Å². The molecule has 0 saturated carbocycles. The number of hydrogen-bond acceptors (Lipinski definition) is 5. The molecule has 3 atom stereocenters. The van der Waals surface area contributed by atoms with Crippen LogP contribution >= 0.6 is 0 Å². The zero-order valence-corrected chi connectivity index (χ0v) is 14.5. The third-order valence-corrected chi connectivity index (χ3v) is 4.68. The van der Waals surface area contributed by atoms with Crippen LogP contribution in [0.4, 0.5) is 0 Å². The van der Waals surface area contributed by atoms with Crippen molar-refractivity contribution in [3.05, 3.63) is 59.6 Å². The Bertz CT molecular complexity index is 738. The summed E-state index contributed by atoms with van der Waals surface area (Å²) >= 11 is 0. The first-order valence-electron chi connectivity index (χ1n) is 8.41. The number of carbonyl (C=O) groups is 2. The van der Waals surface area contributed by atoms with Crippen molar-refractivity contribution in [1.82, 2.24) is 0 Å². The number of allylic oxidation sites excluding steroid dienone is 2. The maximum absolute atomic E-state index is 12.4. The van der Waals surface area contributed by atoms with Crippen molar-refractivity contribution in [3.63, 3.8) is 0 Å². The lowest BCUT2D eigenvalue weighted by molar-refractivity contribution is -0.137. The standard InChI is InChI=1S/C20H22O5/c1-12-5-4-6-13(2)10-17(25-20(22)15-7-8-23-11-15)18-14(3)19(21)24-16(18)9-12/h6-9,11,16-18H,3-5,10H2,1-2H3/b12-9+,13-6-/t16-,17-,18+/m1/s1. The Morgan fingerprint density at radius 2 is 2.12 bits per heavy atom. The number of furan rings is 1. The summed E-state index contributed by atoms with van der Waals surface area (Å²) in [6.45, 7) is 7.91. The number of ether oxygens (including phenoxy) is 2. The number of fused-ring (bicyclic) bond motifs is 1. The molecule has 1 aromatic rings. The van der Waals surface area contributed by atoms with Gasteiger partial charge in [-0.15, -0.1) is 0 Å². The summed E-state index contributed by atoms with van der Waals surface area (Å²) in [6, 6.07) is 1.55. The highest BCUT2D eigenvalue weighted by atomic mass is 16.6. The molecule has 1 aliphatic heterocycles. The second-order valence-electron chi connectivity index (χ2n) is 6.68. The molecule has 1 aliphatic carbocycles. The van der Waals surface area contributed by atoms with Gasteiger partial charge in [0.1, 0.15) is 18.5 Å². The zero-order valence-electron chi connectivity index (χ0n) is 14.5. The SMILES string of the molecule is C=C1C(=O)O[C@@H]2/C=C(\C)CC/C=C(/C)C[C@@H](OC(=O)c3ccoc3)[C@@H]12. The van der Waals surface area contributed by atoms with Crippen LogP contribution in [0.3, 0.4) is 0 Å². The van der Waals surface area contributed by atoms with Gasteiger partial charge in [-0.05, 0) is 38.8 Å². The lowest BCUT2D eigenvalue weighted by Gasteiger charge is -2.27. The molecule has 25 heavy (non-hydrogen) atoms. The van der Waals surface area contributed by atoms with Crippen molar-refractivity contribution >= 4 is 11.9 Å². The molecular formula is C20H22O5. The van der Waals surface area contributed by atoms with E-state index in [2.05, 4.69) is 12.7 Å². The molecule has 0 radical (unpaired) electrons. The lowest BCUT2D eigenvalue weighted by Crippen LogP contribution is -2.33. The highest BCUT2D eigenvalue weighted by Crippen LogP contribution is 2.36. The molecular weight excluding hydrogens is 320 g/mol. The van der Waals surface area contributed by atoms with E-state index in [-0.39, 0.29) is 5.92 Å². The van der Waals surface area contributed by atoms with Gasteiger partial charge in [0.2, 0.25) is 0 Å². The Balaban J connectivity index is 1.93. The van der Waals surface area contributed by atoms with Crippen molar-refractivity contribution in [2.75, 3.05) is 0 Å². The van der Waals surface area contributed by atoms with Gasteiger partial charge in [0.05, 0.1) is 17.7 Å². The van der Waals surface area contributed by atoms with Crippen LogP contribution in [0.2, 0.25) is 0 Å². The van der Waals surface area contributed by atoms with Crippen LogP contribution in [0.15, 0.2) is 58.5 Å². The molecule has 0 spiro atoms. The topological polar surface area (TPSA) is 65.7 Å². The van der Waals surface area contributed by atoms with Gasteiger partial charge in [-0.3, -0.25) is 0 Å². The molecule has 0 bridgehead atoms. The first-order valence-corrected chi connectivity index (χ1v) is 8.41. The van der Waals surface area contributed by atoms with Gasteiger partial charge < -0.3 is 13.9 Å². The Morgan fingerprint density at radius 3 is 2.84 bits per heavy atom. The van der Waals surface area contributed by atoms with Crippen LogP contribution in [-0.4, -0.2) is 24.1 Å². The Hall–Kier alpha value is -2.56. The monoisotopic (exact) mass is 342 g/mol. The normalized spacial score (nSPS) is 31.2. The van der Waals surface area contributed by atoms with Gasteiger partial charge in [0.15, 0.2) is 0 Å². The highest BCUT2D eigenvalue weighted by Gasteiger charge is 2.44. The second-order valence-corrected chi connectivity index (χ2v) is 6.68. The maximum atomic E-state index is 12.4. The summed E-state index contributed by atoms with van der Waals surface area (Å²) in [6.07, 6.45) is 8.24. The third kappa shape index (κ3) is 3.76. The largest absolute Gasteiger partial charge is 0.472 e. The maximum Gasteiger partial charge on any atom is 0.341 e. The number of rotatable bonds is 2. The van der Waals surface area contributed by atoms with Crippen LogP contribution in [0, 0.1) is 5.92 Å². The summed E-state index contributed by atoms with van der Waals surface area (Å²) < 4.78 is 16.2. The van der Waals surface area contributed by atoms with E-state index in [1.807, 2.05) is 19.9 Å². The smallest absolute Gasteiger partial charge is 0.341 e. The summed E-state index contributed by atoms with van der Waals surface area (Å²) in [4.78, 5) is 24.5. The van der Waals surface area contributed by atoms with Gasteiger partial charge in [0, 0.05) is 12.0 Å². The molecule has 5 heteroatoms. The molecule has 0 N–H and O–H groups in total. The predicted molar refractivity (Wildman–Crippen MR) is 91.8 cm³/mol. The van der Waals surface area contributed by atoms with Crippen molar-refractivity contribution in [3.8, 4) is 0 Å². The molecule has 3 rings (SSSR count). The highest BCUT2D eigenvalue weighted by molar-refractivity contribution is 5.92. The minimum absolute atomic E-state index is 0.345. The first kappa shape index (κ1) is 17.3. The van der Waals surface area contributed by atoms with Crippen LogP contribution in [-0.2, 0) is 14.3 Å². The molecule has 1 aromatic heterocycles. The summed E-state index contributed by atoms with van der Waals surface area (Å²) in [5.41, 5.74) is 2.96. The van der Waals surface area contributed by atoms with Crippen molar-refractivity contribution in [2.45, 2.75) is 45.3 Å². The molecule has 5 nitrogen and oxygen atoms in total.